The SMILES string of the molecule is C1CCC(C2CCCCC2)CC1.SC1CCC(C2CCCCC2)CC1. The minimum Gasteiger partial charge on any atom is -0.176 e. The van der Waals surface area contributed by atoms with Crippen molar-refractivity contribution in [3.05, 3.63) is 0 Å². The molecule has 1 heteroatoms. The molecule has 0 aliphatic heterocycles. The van der Waals surface area contributed by atoms with Gasteiger partial charge in [-0.25, -0.2) is 0 Å². The Bertz CT molecular complexity index is 310. The first-order valence-electron chi connectivity index (χ1n) is 12.0. The standard InChI is InChI=1S/C12H22S.C12H22/c13-12-8-6-11(7-9-12)10-4-2-1-3-5-10;1-3-7-11(8-4-1)12-9-5-2-6-10-12/h10-13H,1-9H2;11-12H,1-10H2. The zero-order chi connectivity index (χ0) is 17.3. The number of hydrogen-bond acceptors (Lipinski definition) is 1. The normalized spacial score (nSPS) is 33.5. The molecule has 0 aromatic heterocycles. The van der Waals surface area contributed by atoms with Crippen LogP contribution >= 0.6 is 12.6 Å². The van der Waals surface area contributed by atoms with E-state index >= 15 is 0 Å². The maximum absolute atomic E-state index is 4.57. The van der Waals surface area contributed by atoms with Crippen molar-refractivity contribution < 1.29 is 0 Å². The average molecular weight is 365 g/mol. The summed E-state index contributed by atoms with van der Waals surface area (Å²) in [6.45, 7) is 0. The van der Waals surface area contributed by atoms with E-state index in [4.69, 9.17) is 0 Å². The first-order valence-corrected chi connectivity index (χ1v) is 12.5. The van der Waals surface area contributed by atoms with Crippen molar-refractivity contribution in [1.82, 2.24) is 0 Å². The fourth-order valence-corrected chi connectivity index (χ4v) is 6.69. The molecule has 0 aromatic rings. The zero-order valence-electron chi connectivity index (χ0n) is 16.8. The predicted octanol–water partition coefficient (Wildman–Crippen LogP) is 8.20. The zero-order valence-corrected chi connectivity index (χ0v) is 17.7. The second kappa shape index (κ2) is 11.3. The van der Waals surface area contributed by atoms with Crippen LogP contribution in [0.5, 0.6) is 0 Å². The van der Waals surface area contributed by atoms with Gasteiger partial charge >= 0.3 is 0 Å². The van der Waals surface area contributed by atoms with Gasteiger partial charge in [0.25, 0.3) is 0 Å². The Morgan fingerprint density at radius 1 is 0.320 bits per heavy atom. The highest BCUT2D eigenvalue weighted by Crippen LogP contribution is 2.39. The van der Waals surface area contributed by atoms with Crippen molar-refractivity contribution in [2.24, 2.45) is 23.7 Å². The molecule has 0 heterocycles. The van der Waals surface area contributed by atoms with Crippen LogP contribution in [0, 0.1) is 23.7 Å². The van der Waals surface area contributed by atoms with E-state index in [1.807, 2.05) is 0 Å². The van der Waals surface area contributed by atoms with E-state index in [1.54, 1.807) is 25.7 Å². The Morgan fingerprint density at radius 3 is 0.920 bits per heavy atom. The van der Waals surface area contributed by atoms with E-state index in [-0.39, 0.29) is 0 Å². The Morgan fingerprint density at radius 2 is 0.600 bits per heavy atom. The Balaban J connectivity index is 0.000000146. The van der Waals surface area contributed by atoms with Crippen LogP contribution in [-0.2, 0) is 0 Å². The molecule has 0 aromatic carbocycles. The van der Waals surface area contributed by atoms with E-state index < -0.39 is 0 Å². The minimum atomic E-state index is 0.722. The fraction of sp³-hybridized carbons (Fsp3) is 1.00. The highest BCUT2D eigenvalue weighted by atomic mass is 32.1. The molecule has 4 rings (SSSR count). The molecule has 4 fully saturated rings. The van der Waals surface area contributed by atoms with E-state index in [2.05, 4.69) is 12.6 Å². The lowest BCUT2D eigenvalue weighted by Gasteiger charge is -2.34. The van der Waals surface area contributed by atoms with Crippen molar-refractivity contribution in [2.45, 2.75) is 127 Å². The van der Waals surface area contributed by atoms with Gasteiger partial charge in [0.15, 0.2) is 0 Å². The van der Waals surface area contributed by atoms with Crippen molar-refractivity contribution in [3.63, 3.8) is 0 Å². The van der Waals surface area contributed by atoms with Gasteiger partial charge in [0.2, 0.25) is 0 Å². The molecule has 0 N–H and O–H groups in total. The van der Waals surface area contributed by atoms with Gasteiger partial charge < -0.3 is 0 Å². The van der Waals surface area contributed by atoms with Gasteiger partial charge in [-0.2, -0.15) is 12.6 Å². The van der Waals surface area contributed by atoms with Crippen LogP contribution in [-0.4, -0.2) is 5.25 Å². The minimum absolute atomic E-state index is 0.722. The summed E-state index contributed by atoms with van der Waals surface area (Å²) in [6, 6.07) is 0. The van der Waals surface area contributed by atoms with Gasteiger partial charge in [-0.3, -0.25) is 0 Å². The van der Waals surface area contributed by atoms with Crippen LogP contribution in [0.25, 0.3) is 0 Å². The highest BCUT2D eigenvalue weighted by molar-refractivity contribution is 7.80. The van der Waals surface area contributed by atoms with E-state index in [0.717, 1.165) is 28.9 Å². The van der Waals surface area contributed by atoms with Crippen molar-refractivity contribution in [3.8, 4) is 0 Å². The quantitative estimate of drug-likeness (QED) is 0.469. The lowest BCUT2D eigenvalue weighted by atomic mass is 9.73. The molecule has 0 radical (unpaired) electrons. The highest BCUT2D eigenvalue weighted by Gasteiger charge is 2.27. The number of rotatable bonds is 2. The lowest BCUT2D eigenvalue weighted by molar-refractivity contribution is 0.196. The van der Waals surface area contributed by atoms with Crippen molar-refractivity contribution >= 4 is 12.6 Å². The molecular weight excluding hydrogens is 320 g/mol. The van der Waals surface area contributed by atoms with Crippen LogP contribution in [0.1, 0.15) is 122 Å². The summed E-state index contributed by atoms with van der Waals surface area (Å²) in [5, 5.41) is 0.722. The topological polar surface area (TPSA) is 0 Å². The Hall–Kier alpha value is 0.350. The maximum Gasteiger partial charge on any atom is 0.00170 e. The summed E-state index contributed by atoms with van der Waals surface area (Å²) in [4.78, 5) is 0. The van der Waals surface area contributed by atoms with Crippen LogP contribution < -0.4 is 0 Å². The first-order chi connectivity index (χ1) is 12.3. The third-order valence-corrected chi connectivity index (χ3v) is 8.54. The van der Waals surface area contributed by atoms with E-state index in [9.17, 15) is 0 Å². The van der Waals surface area contributed by atoms with Crippen LogP contribution in [0.4, 0.5) is 0 Å². The molecule has 0 amide bonds. The summed E-state index contributed by atoms with van der Waals surface area (Å²) in [7, 11) is 0. The van der Waals surface area contributed by atoms with Gasteiger partial charge in [0.1, 0.15) is 0 Å². The molecule has 0 atom stereocenters. The molecule has 4 aliphatic carbocycles. The summed E-state index contributed by atoms with van der Waals surface area (Å²) in [6.07, 6.45) is 28.7. The molecule has 25 heavy (non-hydrogen) atoms. The molecule has 146 valence electrons. The summed E-state index contributed by atoms with van der Waals surface area (Å²) in [5.74, 6) is 4.44. The lowest BCUT2D eigenvalue weighted by Crippen LogP contribution is -2.23. The maximum atomic E-state index is 4.57. The molecule has 4 aliphatic rings. The Labute approximate surface area is 163 Å². The number of hydrogen-bond donors (Lipinski definition) is 1. The third-order valence-electron chi connectivity index (χ3n) is 8.02. The van der Waals surface area contributed by atoms with E-state index in [1.165, 1.54) is 96.3 Å². The number of thiol groups is 1. The average Bonchev–Trinajstić information content (AvgIpc) is 2.71. The second-order valence-electron chi connectivity index (χ2n) is 9.76. The van der Waals surface area contributed by atoms with Crippen LogP contribution in [0.15, 0.2) is 0 Å². The van der Waals surface area contributed by atoms with Gasteiger partial charge in [0, 0.05) is 5.25 Å². The largest absolute Gasteiger partial charge is 0.176 e. The third kappa shape index (κ3) is 6.78. The van der Waals surface area contributed by atoms with E-state index in [0.29, 0.717) is 0 Å². The smallest absolute Gasteiger partial charge is 0.00170 e. The summed E-state index contributed by atoms with van der Waals surface area (Å²) in [5.41, 5.74) is 0. The summed E-state index contributed by atoms with van der Waals surface area (Å²) >= 11 is 4.57. The van der Waals surface area contributed by atoms with Crippen molar-refractivity contribution in [1.29, 1.82) is 0 Å². The monoisotopic (exact) mass is 364 g/mol. The predicted molar refractivity (Wildman–Crippen MR) is 114 cm³/mol. The Kier molecular flexibility index (Phi) is 9.04. The van der Waals surface area contributed by atoms with Gasteiger partial charge in [-0.15, -0.1) is 0 Å². The molecular formula is C24H44S. The first kappa shape index (κ1) is 20.1. The van der Waals surface area contributed by atoms with Gasteiger partial charge in [0.05, 0.1) is 0 Å². The van der Waals surface area contributed by atoms with Crippen LogP contribution in [0.2, 0.25) is 0 Å². The fourth-order valence-electron chi connectivity index (χ4n) is 6.39. The summed E-state index contributed by atoms with van der Waals surface area (Å²) < 4.78 is 0. The van der Waals surface area contributed by atoms with Crippen LogP contribution in [0.3, 0.4) is 0 Å². The van der Waals surface area contributed by atoms with Gasteiger partial charge in [-0.05, 0) is 49.4 Å². The molecule has 0 unspecified atom stereocenters. The second-order valence-corrected chi connectivity index (χ2v) is 10.5. The molecule has 0 saturated heterocycles. The molecule has 0 spiro atoms. The molecule has 4 saturated carbocycles. The molecule has 0 bridgehead atoms. The van der Waals surface area contributed by atoms with Crippen molar-refractivity contribution in [2.75, 3.05) is 0 Å². The van der Waals surface area contributed by atoms with Gasteiger partial charge in [-0.1, -0.05) is 96.3 Å². The molecule has 0 nitrogen and oxygen atoms in total.